The van der Waals surface area contributed by atoms with E-state index in [1.165, 1.54) is 16.3 Å². The number of carbonyl (C=O) groups excluding carboxylic acids is 1. The summed E-state index contributed by atoms with van der Waals surface area (Å²) in [7, 11) is 0. The summed E-state index contributed by atoms with van der Waals surface area (Å²) in [6.07, 6.45) is 2.03. The summed E-state index contributed by atoms with van der Waals surface area (Å²) in [5.41, 5.74) is 1.81. The molecule has 1 unspecified atom stereocenters. The molecule has 1 fully saturated rings. The standard InChI is InChI=1S/C22H25NO3/c1-14(2)26-22(24)20-21(17-11-12-17)25-13-23(20)15(3)18-10-6-8-16-7-4-5-9-19(16)18/h4-10,14-15,17H,11-13H2,1-3H3. The zero-order valence-electron chi connectivity index (χ0n) is 15.6. The van der Waals surface area contributed by atoms with Crippen molar-refractivity contribution in [1.82, 2.24) is 4.90 Å². The second-order valence-electron chi connectivity index (χ2n) is 7.43. The minimum atomic E-state index is -0.272. The van der Waals surface area contributed by atoms with Crippen molar-refractivity contribution < 1.29 is 14.3 Å². The number of benzene rings is 2. The summed E-state index contributed by atoms with van der Waals surface area (Å²) in [5.74, 6) is 0.920. The first-order valence-corrected chi connectivity index (χ1v) is 9.38. The summed E-state index contributed by atoms with van der Waals surface area (Å²) < 4.78 is 11.5. The van der Waals surface area contributed by atoms with Gasteiger partial charge in [-0.25, -0.2) is 4.79 Å². The van der Waals surface area contributed by atoms with E-state index in [4.69, 9.17) is 9.47 Å². The normalized spacial score (nSPS) is 18.4. The van der Waals surface area contributed by atoms with Gasteiger partial charge in [-0.15, -0.1) is 0 Å². The molecule has 136 valence electrons. The third-order valence-electron chi connectivity index (χ3n) is 5.10. The summed E-state index contributed by atoms with van der Waals surface area (Å²) in [6.45, 7) is 6.29. The predicted molar refractivity (Wildman–Crippen MR) is 101 cm³/mol. The first kappa shape index (κ1) is 17.0. The largest absolute Gasteiger partial charge is 0.475 e. The van der Waals surface area contributed by atoms with Crippen molar-refractivity contribution in [1.29, 1.82) is 0 Å². The van der Waals surface area contributed by atoms with Gasteiger partial charge in [0.05, 0.1) is 12.1 Å². The molecule has 0 radical (unpaired) electrons. The van der Waals surface area contributed by atoms with E-state index in [-0.39, 0.29) is 18.1 Å². The van der Waals surface area contributed by atoms with Crippen molar-refractivity contribution in [3.63, 3.8) is 0 Å². The summed E-state index contributed by atoms with van der Waals surface area (Å²) in [6, 6.07) is 14.7. The lowest BCUT2D eigenvalue weighted by molar-refractivity contribution is -0.144. The third kappa shape index (κ3) is 3.05. The maximum atomic E-state index is 12.8. The lowest BCUT2D eigenvalue weighted by atomic mass is 9.98. The lowest BCUT2D eigenvalue weighted by Crippen LogP contribution is -2.30. The van der Waals surface area contributed by atoms with E-state index < -0.39 is 0 Å². The van der Waals surface area contributed by atoms with Crippen molar-refractivity contribution in [2.75, 3.05) is 6.73 Å². The molecule has 1 saturated carbocycles. The number of rotatable bonds is 5. The fourth-order valence-corrected chi connectivity index (χ4v) is 3.65. The Morgan fingerprint density at radius 1 is 1.12 bits per heavy atom. The summed E-state index contributed by atoms with van der Waals surface area (Å²) in [4.78, 5) is 14.9. The van der Waals surface area contributed by atoms with Gasteiger partial charge in [-0.2, -0.15) is 0 Å². The highest BCUT2D eigenvalue weighted by molar-refractivity contribution is 5.90. The van der Waals surface area contributed by atoms with E-state index >= 15 is 0 Å². The smallest absolute Gasteiger partial charge is 0.358 e. The second kappa shape index (κ2) is 6.67. The molecule has 1 heterocycles. The highest BCUT2D eigenvalue weighted by atomic mass is 16.6. The van der Waals surface area contributed by atoms with E-state index in [0.29, 0.717) is 18.3 Å². The van der Waals surface area contributed by atoms with Crippen LogP contribution in [0.4, 0.5) is 0 Å². The molecule has 26 heavy (non-hydrogen) atoms. The van der Waals surface area contributed by atoms with E-state index in [1.54, 1.807) is 0 Å². The molecule has 1 atom stereocenters. The van der Waals surface area contributed by atoms with Crippen LogP contribution in [0.25, 0.3) is 10.8 Å². The number of nitrogens with zero attached hydrogens (tertiary/aromatic N) is 1. The zero-order valence-corrected chi connectivity index (χ0v) is 15.6. The Labute approximate surface area is 154 Å². The molecule has 4 heteroatoms. The Hall–Kier alpha value is -2.49. The topological polar surface area (TPSA) is 38.8 Å². The summed E-state index contributed by atoms with van der Waals surface area (Å²) >= 11 is 0. The third-order valence-corrected chi connectivity index (χ3v) is 5.10. The van der Waals surface area contributed by atoms with E-state index in [0.717, 1.165) is 18.6 Å². The van der Waals surface area contributed by atoms with Gasteiger partial charge < -0.3 is 14.4 Å². The van der Waals surface area contributed by atoms with Gasteiger partial charge in [-0.3, -0.25) is 0 Å². The van der Waals surface area contributed by atoms with Gasteiger partial charge >= 0.3 is 5.97 Å². The van der Waals surface area contributed by atoms with Gasteiger partial charge in [-0.05, 0) is 49.9 Å². The average Bonchev–Trinajstić information content (AvgIpc) is 3.38. The molecule has 0 saturated heterocycles. The molecule has 4 nitrogen and oxygen atoms in total. The SMILES string of the molecule is CC(C)OC(=O)C1=C(C2CC2)OCN1C(C)c1cccc2ccccc12. The minimum absolute atomic E-state index is 0.0204. The Balaban J connectivity index is 1.72. The molecule has 2 aliphatic rings. The minimum Gasteiger partial charge on any atom is -0.475 e. The Morgan fingerprint density at radius 2 is 1.85 bits per heavy atom. The number of fused-ring (bicyclic) bond motifs is 1. The first-order valence-electron chi connectivity index (χ1n) is 9.38. The van der Waals surface area contributed by atoms with Gasteiger partial charge in [0.25, 0.3) is 0 Å². The Kier molecular flexibility index (Phi) is 4.35. The van der Waals surface area contributed by atoms with Crippen LogP contribution >= 0.6 is 0 Å². The molecule has 0 aromatic heterocycles. The van der Waals surface area contributed by atoms with Gasteiger partial charge in [0.1, 0.15) is 5.76 Å². The lowest BCUT2D eigenvalue weighted by Gasteiger charge is -2.28. The van der Waals surface area contributed by atoms with Crippen molar-refractivity contribution >= 4 is 16.7 Å². The molecule has 0 bridgehead atoms. The monoisotopic (exact) mass is 351 g/mol. The maximum Gasteiger partial charge on any atom is 0.358 e. The quantitative estimate of drug-likeness (QED) is 0.728. The van der Waals surface area contributed by atoms with Gasteiger partial charge in [0.2, 0.25) is 0 Å². The molecule has 4 rings (SSSR count). The van der Waals surface area contributed by atoms with Crippen molar-refractivity contribution in [2.45, 2.75) is 45.8 Å². The van der Waals surface area contributed by atoms with Crippen LogP contribution in [0.2, 0.25) is 0 Å². The number of ether oxygens (including phenoxy) is 2. The molecule has 1 aliphatic heterocycles. The molecular formula is C22H25NO3. The van der Waals surface area contributed by atoms with Crippen LogP contribution in [0, 0.1) is 5.92 Å². The molecular weight excluding hydrogens is 326 g/mol. The summed E-state index contributed by atoms with van der Waals surface area (Å²) in [5, 5.41) is 2.41. The number of hydrogen-bond acceptors (Lipinski definition) is 4. The highest BCUT2D eigenvalue weighted by Crippen LogP contribution is 2.44. The zero-order chi connectivity index (χ0) is 18.3. The van der Waals surface area contributed by atoms with Gasteiger partial charge in [0, 0.05) is 5.92 Å². The van der Waals surface area contributed by atoms with Crippen molar-refractivity contribution in [2.24, 2.45) is 5.92 Å². The molecule has 0 spiro atoms. The number of carbonyl (C=O) groups is 1. The van der Waals surface area contributed by atoms with Crippen molar-refractivity contribution in [3.8, 4) is 0 Å². The highest BCUT2D eigenvalue weighted by Gasteiger charge is 2.41. The molecule has 1 aliphatic carbocycles. The van der Waals surface area contributed by atoms with Crippen LogP contribution in [0.1, 0.15) is 45.2 Å². The van der Waals surface area contributed by atoms with Crippen LogP contribution in [-0.4, -0.2) is 23.7 Å². The van der Waals surface area contributed by atoms with Crippen molar-refractivity contribution in [3.05, 3.63) is 59.5 Å². The molecule has 2 aromatic carbocycles. The van der Waals surface area contributed by atoms with E-state index in [1.807, 2.05) is 19.9 Å². The molecule has 0 amide bonds. The van der Waals surface area contributed by atoms with Crippen LogP contribution < -0.4 is 0 Å². The Bertz CT molecular complexity index is 861. The number of esters is 1. The van der Waals surface area contributed by atoms with E-state index in [9.17, 15) is 4.79 Å². The van der Waals surface area contributed by atoms with Crippen LogP contribution in [-0.2, 0) is 14.3 Å². The van der Waals surface area contributed by atoms with Crippen LogP contribution in [0.3, 0.4) is 0 Å². The maximum absolute atomic E-state index is 12.8. The Morgan fingerprint density at radius 3 is 2.58 bits per heavy atom. The first-order chi connectivity index (χ1) is 12.6. The fourth-order valence-electron chi connectivity index (χ4n) is 3.65. The number of hydrogen-bond donors (Lipinski definition) is 0. The molecule has 2 aromatic rings. The fraction of sp³-hybridized carbons (Fsp3) is 0.409. The van der Waals surface area contributed by atoms with Gasteiger partial charge in [-0.1, -0.05) is 42.5 Å². The molecule has 0 N–H and O–H groups in total. The van der Waals surface area contributed by atoms with Crippen LogP contribution in [0.5, 0.6) is 0 Å². The van der Waals surface area contributed by atoms with E-state index in [2.05, 4.69) is 48.2 Å². The predicted octanol–water partition coefficient (Wildman–Crippen LogP) is 4.76. The average molecular weight is 351 g/mol. The van der Waals surface area contributed by atoms with Crippen LogP contribution in [0.15, 0.2) is 53.9 Å². The van der Waals surface area contributed by atoms with Gasteiger partial charge in [0.15, 0.2) is 12.4 Å². The number of allylic oxidation sites excluding steroid dienone is 1. The second-order valence-corrected chi connectivity index (χ2v) is 7.43.